The van der Waals surface area contributed by atoms with Crippen molar-refractivity contribution in [2.24, 2.45) is 5.73 Å². The molecule has 2 N–H and O–H groups in total. The Labute approximate surface area is 115 Å². The highest BCUT2D eigenvalue weighted by Gasteiger charge is 2.26. The lowest BCUT2D eigenvalue weighted by atomic mass is 10.00. The van der Waals surface area contributed by atoms with Gasteiger partial charge in [0.25, 0.3) is 5.89 Å². The van der Waals surface area contributed by atoms with Gasteiger partial charge in [-0.05, 0) is 47.8 Å². The van der Waals surface area contributed by atoms with Crippen molar-refractivity contribution < 1.29 is 4.52 Å². The Morgan fingerprint density at radius 1 is 1.44 bits per heavy atom. The molecule has 0 spiro atoms. The van der Waals surface area contributed by atoms with Crippen LogP contribution in [0.2, 0.25) is 0 Å². The molecule has 1 unspecified atom stereocenters. The first kappa shape index (κ1) is 13.2. The Morgan fingerprint density at radius 2 is 2.17 bits per heavy atom. The van der Waals surface area contributed by atoms with E-state index >= 15 is 0 Å². The predicted molar refractivity (Wildman–Crippen MR) is 74.0 cm³/mol. The molecule has 0 aliphatic heterocycles. The van der Waals surface area contributed by atoms with Crippen LogP contribution in [0.25, 0.3) is 11.5 Å². The molecule has 2 rings (SSSR count). The summed E-state index contributed by atoms with van der Waals surface area (Å²) in [6.07, 6.45) is 0.751. The molecule has 1 atom stereocenters. The highest BCUT2D eigenvalue weighted by molar-refractivity contribution is 9.10. The maximum Gasteiger partial charge on any atom is 0.259 e. The van der Waals surface area contributed by atoms with Crippen molar-refractivity contribution in [2.45, 2.75) is 32.7 Å². The molecule has 96 valence electrons. The van der Waals surface area contributed by atoms with Crippen LogP contribution < -0.4 is 5.73 Å². The molecular formula is C13H16BrN3O. The fourth-order valence-corrected chi connectivity index (χ4v) is 1.97. The topological polar surface area (TPSA) is 64.9 Å². The number of nitrogens with two attached hydrogens (primary N) is 1. The Hall–Kier alpha value is -1.20. The zero-order chi connectivity index (χ0) is 13.3. The van der Waals surface area contributed by atoms with E-state index in [-0.39, 0.29) is 0 Å². The van der Waals surface area contributed by atoms with Gasteiger partial charge in [-0.1, -0.05) is 24.2 Å². The van der Waals surface area contributed by atoms with E-state index < -0.39 is 5.54 Å². The summed E-state index contributed by atoms with van der Waals surface area (Å²) in [4.78, 5) is 4.39. The molecular weight excluding hydrogens is 294 g/mol. The van der Waals surface area contributed by atoms with E-state index in [1.54, 1.807) is 0 Å². The Morgan fingerprint density at radius 3 is 2.83 bits per heavy atom. The van der Waals surface area contributed by atoms with Crippen LogP contribution in [0.1, 0.15) is 31.7 Å². The minimum absolute atomic E-state index is 0.491. The van der Waals surface area contributed by atoms with E-state index in [1.165, 1.54) is 0 Å². The molecule has 0 saturated carbocycles. The van der Waals surface area contributed by atoms with E-state index in [0.29, 0.717) is 11.7 Å². The van der Waals surface area contributed by atoms with Crippen LogP contribution in [-0.4, -0.2) is 10.1 Å². The standard InChI is InChI=1S/C13H16BrN3O/c1-4-13(3,15)12-16-11(18-17-12)9-7-5-6-8(2)10(9)14/h5-7H,4,15H2,1-3H3. The zero-order valence-electron chi connectivity index (χ0n) is 10.7. The van der Waals surface area contributed by atoms with Gasteiger partial charge in [0, 0.05) is 4.47 Å². The van der Waals surface area contributed by atoms with E-state index in [1.807, 2.05) is 39.0 Å². The molecule has 0 radical (unpaired) electrons. The molecule has 1 aromatic heterocycles. The summed E-state index contributed by atoms with van der Waals surface area (Å²) in [6, 6.07) is 5.92. The summed E-state index contributed by atoms with van der Waals surface area (Å²) in [5.41, 5.74) is 7.56. The number of benzene rings is 1. The van der Waals surface area contributed by atoms with Gasteiger partial charge in [-0.2, -0.15) is 4.98 Å². The first-order valence-corrected chi connectivity index (χ1v) is 6.63. The predicted octanol–water partition coefficient (Wildman–Crippen LogP) is 3.39. The van der Waals surface area contributed by atoms with Crippen molar-refractivity contribution in [3.63, 3.8) is 0 Å². The van der Waals surface area contributed by atoms with Crippen LogP contribution in [0.5, 0.6) is 0 Å². The first-order chi connectivity index (χ1) is 8.45. The lowest BCUT2D eigenvalue weighted by Crippen LogP contribution is -2.33. The molecule has 18 heavy (non-hydrogen) atoms. The molecule has 1 heterocycles. The second-order valence-corrected chi connectivity index (χ2v) is 5.42. The molecule has 2 aromatic rings. The summed E-state index contributed by atoms with van der Waals surface area (Å²) >= 11 is 3.53. The zero-order valence-corrected chi connectivity index (χ0v) is 12.3. The van der Waals surface area contributed by atoms with Gasteiger partial charge in [0.2, 0.25) is 0 Å². The van der Waals surface area contributed by atoms with E-state index in [4.69, 9.17) is 10.3 Å². The van der Waals surface area contributed by atoms with Gasteiger partial charge in [-0.15, -0.1) is 0 Å². The summed E-state index contributed by atoms with van der Waals surface area (Å²) in [6.45, 7) is 5.91. The normalized spacial score (nSPS) is 14.5. The van der Waals surface area contributed by atoms with Crippen LogP contribution >= 0.6 is 15.9 Å². The molecule has 0 aliphatic rings. The van der Waals surface area contributed by atoms with Gasteiger partial charge in [0.1, 0.15) is 0 Å². The highest BCUT2D eigenvalue weighted by atomic mass is 79.9. The second-order valence-electron chi connectivity index (χ2n) is 4.63. The van der Waals surface area contributed by atoms with E-state index in [2.05, 4.69) is 26.1 Å². The largest absolute Gasteiger partial charge is 0.334 e. The number of aromatic nitrogens is 2. The molecule has 1 aromatic carbocycles. The van der Waals surface area contributed by atoms with Crippen molar-refractivity contribution in [1.82, 2.24) is 10.1 Å². The van der Waals surface area contributed by atoms with Crippen molar-refractivity contribution >= 4 is 15.9 Å². The Kier molecular flexibility index (Phi) is 3.54. The number of hydrogen-bond donors (Lipinski definition) is 1. The number of halogens is 1. The van der Waals surface area contributed by atoms with Gasteiger partial charge in [0.05, 0.1) is 11.1 Å². The van der Waals surface area contributed by atoms with Gasteiger partial charge in [-0.25, -0.2) is 0 Å². The quantitative estimate of drug-likeness (QED) is 0.943. The molecule has 0 bridgehead atoms. The third-order valence-electron chi connectivity index (χ3n) is 3.09. The summed E-state index contributed by atoms with van der Waals surface area (Å²) in [5, 5.41) is 3.97. The fraction of sp³-hybridized carbons (Fsp3) is 0.385. The van der Waals surface area contributed by atoms with Crippen molar-refractivity contribution in [3.05, 3.63) is 34.1 Å². The summed E-state index contributed by atoms with van der Waals surface area (Å²) in [5.74, 6) is 1.03. The van der Waals surface area contributed by atoms with Crippen LogP contribution in [0.3, 0.4) is 0 Å². The van der Waals surface area contributed by atoms with Gasteiger partial charge < -0.3 is 10.3 Å². The average Bonchev–Trinajstić information content (AvgIpc) is 2.82. The SMILES string of the molecule is CCC(C)(N)c1noc(-c2cccc(C)c2Br)n1. The number of hydrogen-bond acceptors (Lipinski definition) is 4. The van der Waals surface area contributed by atoms with E-state index in [9.17, 15) is 0 Å². The van der Waals surface area contributed by atoms with Crippen molar-refractivity contribution in [3.8, 4) is 11.5 Å². The fourth-order valence-electron chi connectivity index (χ4n) is 1.54. The third-order valence-corrected chi connectivity index (χ3v) is 4.15. The summed E-state index contributed by atoms with van der Waals surface area (Å²) in [7, 11) is 0. The average molecular weight is 310 g/mol. The second kappa shape index (κ2) is 4.82. The monoisotopic (exact) mass is 309 g/mol. The minimum atomic E-state index is -0.557. The number of nitrogens with zero attached hydrogens (tertiary/aromatic N) is 2. The first-order valence-electron chi connectivity index (χ1n) is 5.84. The van der Waals surface area contributed by atoms with Crippen LogP contribution in [0.4, 0.5) is 0 Å². The molecule has 0 aliphatic carbocycles. The van der Waals surface area contributed by atoms with Gasteiger partial charge >= 0.3 is 0 Å². The lowest BCUT2D eigenvalue weighted by molar-refractivity contribution is 0.379. The van der Waals surface area contributed by atoms with Crippen LogP contribution in [0.15, 0.2) is 27.2 Å². The highest BCUT2D eigenvalue weighted by Crippen LogP contribution is 2.30. The van der Waals surface area contributed by atoms with Crippen LogP contribution in [-0.2, 0) is 5.54 Å². The maximum absolute atomic E-state index is 6.10. The Bertz CT molecular complexity index is 563. The van der Waals surface area contributed by atoms with Crippen molar-refractivity contribution in [1.29, 1.82) is 0 Å². The minimum Gasteiger partial charge on any atom is -0.334 e. The van der Waals surface area contributed by atoms with E-state index in [0.717, 1.165) is 22.0 Å². The smallest absolute Gasteiger partial charge is 0.259 e. The Balaban J connectivity index is 2.45. The number of aryl methyl sites for hydroxylation is 1. The third kappa shape index (κ3) is 2.33. The van der Waals surface area contributed by atoms with Crippen molar-refractivity contribution in [2.75, 3.05) is 0 Å². The maximum atomic E-state index is 6.10. The van der Waals surface area contributed by atoms with Crippen LogP contribution in [0, 0.1) is 6.92 Å². The number of rotatable bonds is 3. The summed E-state index contributed by atoms with van der Waals surface area (Å²) < 4.78 is 6.27. The molecule has 0 saturated heterocycles. The molecule has 0 fully saturated rings. The van der Waals surface area contributed by atoms with Gasteiger partial charge in [0.15, 0.2) is 5.82 Å². The molecule has 0 amide bonds. The molecule has 5 heteroatoms. The van der Waals surface area contributed by atoms with Gasteiger partial charge in [-0.3, -0.25) is 0 Å². The molecule has 4 nitrogen and oxygen atoms in total. The lowest BCUT2D eigenvalue weighted by Gasteiger charge is -2.16.